The number of aryl methyl sites for hydroxylation is 2. The van der Waals surface area contributed by atoms with Crippen LogP contribution < -0.4 is 0 Å². The van der Waals surface area contributed by atoms with Gasteiger partial charge in [0.2, 0.25) is 5.82 Å². The first-order chi connectivity index (χ1) is 11.6. The largest absolute Gasteiger partial charge is 0.297 e. The maximum absolute atomic E-state index is 6.17. The average molecular weight is 340 g/mol. The van der Waals surface area contributed by atoms with Gasteiger partial charge in [0.1, 0.15) is 11.6 Å². The molecule has 0 bridgehead atoms. The molecule has 0 atom stereocenters. The van der Waals surface area contributed by atoms with E-state index in [-0.39, 0.29) is 0 Å². The lowest BCUT2D eigenvalue weighted by molar-refractivity contribution is 0.991. The summed E-state index contributed by atoms with van der Waals surface area (Å²) in [5, 5.41) is 7.72. The van der Waals surface area contributed by atoms with E-state index in [9.17, 15) is 0 Å². The smallest absolute Gasteiger partial charge is 0.217 e. The molecule has 0 saturated carbocycles. The molecule has 0 aliphatic rings. The number of pyridine rings is 1. The second kappa shape index (κ2) is 5.68. The Morgan fingerprint density at radius 1 is 1.17 bits per heavy atom. The normalized spacial score (nSPS) is 11.3. The third-order valence-electron chi connectivity index (χ3n) is 3.68. The maximum Gasteiger partial charge on any atom is 0.217 e. The zero-order chi connectivity index (χ0) is 16.7. The average Bonchev–Trinajstić information content (AvgIpc) is 3.14. The van der Waals surface area contributed by atoms with Crippen LogP contribution in [0.25, 0.3) is 17.2 Å². The van der Waals surface area contributed by atoms with Crippen molar-refractivity contribution in [2.45, 2.75) is 20.3 Å². The highest BCUT2D eigenvalue weighted by Gasteiger charge is 2.16. The van der Waals surface area contributed by atoms with Crippen molar-refractivity contribution in [3.8, 4) is 11.6 Å². The topological polar surface area (TPSA) is 84.6 Å². The van der Waals surface area contributed by atoms with Gasteiger partial charge in [0.15, 0.2) is 5.82 Å². The van der Waals surface area contributed by atoms with Crippen LogP contribution in [0.1, 0.15) is 22.9 Å². The molecule has 4 aromatic rings. The van der Waals surface area contributed by atoms with Crippen molar-refractivity contribution in [1.82, 2.24) is 34.5 Å². The minimum absolute atomic E-state index is 0.552. The van der Waals surface area contributed by atoms with E-state index < -0.39 is 0 Å². The lowest BCUT2D eigenvalue weighted by Gasteiger charge is -2.00. The molecule has 0 unspecified atom stereocenters. The predicted octanol–water partition coefficient (Wildman–Crippen LogP) is 2.77. The Morgan fingerprint density at radius 3 is 2.67 bits per heavy atom. The van der Waals surface area contributed by atoms with Crippen LogP contribution in [0, 0.1) is 13.8 Å². The van der Waals surface area contributed by atoms with Crippen molar-refractivity contribution in [1.29, 1.82) is 0 Å². The van der Waals surface area contributed by atoms with E-state index in [4.69, 9.17) is 16.6 Å². The number of nitrogens with zero attached hydrogens (tertiary/aromatic N) is 6. The van der Waals surface area contributed by atoms with Gasteiger partial charge in [-0.1, -0.05) is 11.6 Å². The van der Waals surface area contributed by atoms with E-state index in [1.165, 1.54) is 0 Å². The summed E-state index contributed by atoms with van der Waals surface area (Å²) in [5.41, 5.74) is 2.78. The standard InChI is InChI=1S/C16H14ClN7/c1-9-18-7-11(8-19-9)5-13-14-6-12(17)3-4-24(14)16(21-13)15-20-10(2)22-23-15/h3-4,6-8H,5H2,1-2H3,(H,20,22,23). The summed E-state index contributed by atoms with van der Waals surface area (Å²) < 4.78 is 1.94. The molecule has 4 heterocycles. The first-order valence-corrected chi connectivity index (χ1v) is 7.81. The van der Waals surface area contributed by atoms with Crippen molar-refractivity contribution < 1.29 is 0 Å². The van der Waals surface area contributed by atoms with E-state index in [1.807, 2.05) is 49.0 Å². The van der Waals surface area contributed by atoms with Crippen LogP contribution in [0.2, 0.25) is 5.02 Å². The number of hydrogen-bond acceptors (Lipinski definition) is 5. The summed E-state index contributed by atoms with van der Waals surface area (Å²) in [6.07, 6.45) is 6.11. The highest BCUT2D eigenvalue weighted by atomic mass is 35.5. The number of nitrogens with one attached hydrogen (secondary N) is 1. The van der Waals surface area contributed by atoms with Gasteiger partial charge in [-0.15, -0.1) is 0 Å². The second-order valence-corrected chi connectivity index (χ2v) is 5.98. The van der Waals surface area contributed by atoms with Gasteiger partial charge in [0.05, 0.1) is 11.2 Å². The maximum atomic E-state index is 6.17. The molecule has 0 aliphatic heterocycles. The second-order valence-electron chi connectivity index (χ2n) is 5.54. The van der Waals surface area contributed by atoms with Crippen LogP contribution in [-0.2, 0) is 6.42 Å². The first-order valence-electron chi connectivity index (χ1n) is 7.43. The molecule has 1 N–H and O–H groups in total. The Morgan fingerprint density at radius 2 is 1.96 bits per heavy atom. The van der Waals surface area contributed by atoms with Gasteiger partial charge in [-0.2, -0.15) is 5.10 Å². The predicted molar refractivity (Wildman–Crippen MR) is 89.9 cm³/mol. The molecule has 4 rings (SSSR count). The van der Waals surface area contributed by atoms with Gasteiger partial charge in [-0.25, -0.2) is 19.9 Å². The number of aromatic amines is 1. The monoisotopic (exact) mass is 339 g/mol. The molecule has 0 aromatic carbocycles. The van der Waals surface area contributed by atoms with Gasteiger partial charge in [0, 0.05) is 30.0 Å². The van der Waals surface area contributed by atoms with Gasteiger partial charge < -0.3 is 0 Å². The number of aromatic nitrogens is 7. The van der Waals surface area contributed by atoms with E-state index in [0.717, 1.165) is 28.4 Å². The Bertz CT molecular complexity index is 1020. The van der Waals surface area contributed by atoms with Crippen molar-refractivity contribution in [2.24, 2.45) is 0 Å². The number of hydrogen-bond donors (Lipinski definition) is 1. The van der Waals surface area contributed by atoms with Crippen LogP contribution >= 0.6 is 11.6 Å². The van der Waals surface area contributed by atoms with Crippen LogP contribution in [-0.4, -0.2) is 34.5 Å². The van der Waals surface area contributed by atoms with Crippen LogP contribution in [0.15, 0.2) is 30.7 Å². The van der Waals surface area contributed by atoms with E-state index in [2.05, 4.69) is 25.1 Å². The van der Waals surface area contributed by atoms with Crippen molar-refractivity contribution in [2.75, 3.05) is 0 Å². The van der Waals surface area contributed by atoms with Gasteiger partial charge in [0.25, 0.3) is 0 Å². The highest BCUT2D eigenvalue weighted by molar-refractivity contribution is 6.30. The molecular formula is C16H14ClN7. The molecule has 4 aromatic heterocycles. The zero-order valence-electron chi connectivity index (χ0n) is 13.2. The van der Waals surface area contributed by atoms with Gasteiger partial charge >= 0.3 is 0 Å². The van der Waals surface area contributed by atoms with Crippen molar-refractivity contribution >= 4 is 17.1 Å². The number of H-pyrrole nitrogens is 1. The van der Waals surface area contributed by atoms with Gasteiger partial charge in [-0.05, 0) is 31.5 Å². The van der Waals surface area contributed by atoms with E-state index in [0.29, 0.717) is 23.1 Å². The first kappa shape index (κ1) is 14.8. The van der Waals surface area contributed by atoms with Crippen LogP contribution in [0.3, 0.4) is 0 Å². The third kappa shape index (κ3) is 2.63. The molecule has 8 heteroatoms. The lowest BCUT2D eigenvalue weighted by Crippen LogP contribution is -1.94. The summed E-state index contributed by atoms with van der Waals surface area (Å²) in [7, 11) is 0. The minimum Gasteiger partial charge on any atom is -0.297 e. The molecule has 0 amide bonds. The summed E-state index contributed by atoms with van der Waals surface area (Å²) in [6.45, 7) is 3.72. The third-order valence-corrected chi connectivity index (χ3v) is 3.92. The molecule has 24 heavy (non-hydrogen) atoms. The molecule has 7 nitrogen and oxygen atoms in total. The van der Waals surface area contributed by atoms with Crippen molar-refractivity contribution in [3.63, 3.8) is 0 Å². The SMILES string of the molecule is Cc1ncc(Cc2nc(-c3n[nH]c(C)n3)n3ccc(Cl)cc23)cn1. The lowest BCUT2D eigenvalue weighted by atomic mass is 10.2. The summed E-state index contributed by atoms with van der Waals surface area (Å²) in [5.74, 6) is 2.71. The quantitative estimate of drug-likeness (QED) is 0.620. The minimum atomic E-state index is 0.552. The molecule has 0 saturated heterocycles. The number of imidazole rings is 1. The Hall–Kier alpha value is -2.80. The summed E-state index contributed by atoms with van der Waals surface area (Å²) >= 11 is 6.17. The van der Waals surface area contributed by atoms with E-state index in [1.54, 1.807) is 0 Å². The fourth-order valence-electron chi connectivity index (χ4n) is 2.55. The molecule has 0 radical (unpaired) electrons. The zero-order valence-corrected chi connectivity index (χ0v) is 13.9. The Kier molecular flexibility index (Phi) is 3.50. The Balaban J connectivity index is 1.85. The summed E-state index contributed by atoms with van der Waals surface area (Å²) in [4.78, 5) is 17.6. The van der Waals surface area contributed by atoms with Crippen LogP contribution in [0.4, 0.5) is 0 Å². The molecule has 120 valence electrons. The van der Waals surface area contributed by atoms with Crippen molar-refractivity contribution in [3.05, 3.63) is 58.7 Å². The number of rotatable bonds is 3. The van der Waals surface area contributed by atoms with Crippen LogP contribution in [0.5, 0.6) is 0 Å². The Labute approximate surface area is 142 Å². The number of fused-ring (bicyclic) bond motifs is 1. The molecule has 0 aliphatic carbocycles. The molecule has 0 fully saturated rings. The fourth-order valence-corrected chi connectivity index (χ4v) is 2.71. The number of halogens is 1. The fraction of sp³-hybridized carbons (Fsp3) is 0.188. The highest BCUT2D eigenvalue weighted by Crippen LogP contribution is 2.24. The molecular weight excluding hydrogens is 326 g/mol. The summed E-state index contributed by atoms with van der Waals surface area (Å²) in [6, 6.07) is 3.71. The van der Waals surface area contributed by atoms with Gasteiger partial charge in [-0.3, -0.25) is 9.50 Å². The van der Waals surface area contributed by atoms with E-state index >= 15 is 0 Å². The molecule has 0 spiro atoms.